The van der Waals surface area contributed by atoms with Crippen LogP contribution in [0, 0.1) is 0 Å². The standard InChI is InChI=1S/C12H29NOSi/c1-6-13(7-2)9-8-10-14-11-12-15(3,4)5/h6-12H2,1-5H3. The van der Waals surface area contributed by atoms with Gasteiger partial charge in [0.05, 0.1) is 0 Å². The van der Waals surface area contributed by atoms with Crippen LogP contribution in [0.5, 0.6) is 0 Å². The Kier molecular flexibility index (Phi) is 8.38. The minimum atomic E-state index is -0.888. The quantitative estimate of drug-likeness (QED) is 0.447. The van der Waals surface area contributed by atoms with Crippen LogP contribution in [0.25, 0.3) is 0 Å². The molecule has 0 amide bonds. The Labute approximate surface area is 97.0 Å². The molecule has 0 aliphatic carbocycles. The van der Waals surface area contributed by atoms with Gasteiger partial charge < -0.3 is 9.64 Å². The van der Waals surface area contributed by atoms with Gasteiger partial charge in [0.1, 0.15) is 0 Å². The van der Waals surface area contributed by atoms with Gasteiger partial charge in [-0.15, -0.1) is 0 Å². The van der Waals surface area contributed by atoms with E-state index in [-0.39, 0.29) is 0 Å². The average Bonchev–Trinajstić information content (AvgIpc) is 2.15. The summed E-state index contributed by atoms with van der Waals surface area (Å²) in [6.45, 7) is 17.0. The predicted octanol–water partition coefficient (Wildman–Crippen LogP) is 3.07. The van der Waals surface area contributed by atoms with E-state index in [2.05, 4.69) is 38.4 Å². The normalized spacial score (nSPS) is 12.4. The van der Waals surface area contributed by atoms with Gasteiger partial charge in [0.2, 0.25) is 0 Å². The van der Waals surface area contributed by atoms with Gasteiger partial charge in [-0.2, -0.15) is 0 Å². The largest absolute Gasteiger partial charge is 0.382 e. The zero-order valence-electron chi connectivity index (χ0n) is 11.3. The second-order valence-corrected chi connectivity index (χ2v) is 10.9. The van der Waals surface area contributed by atoms with Crippen molar-refractivity contribution in [2.75, 3.05) is 32.8 Å². The van der Waals surface area contributed by atoms with Gasteiger partial charge in [0, 0.05) is 27.8 Å². The van der Waals surface area contributed by atoms with Crippen molar-refractivity contribution in [1.82, 2.24) is 4.90 Å². The topological polar surface area (TPSA) is 12.5 Å². The van der Waals surface area contributed by atoms with E-state index in [1.807, 2.05) is 0 Å². The van der Waals surface area contributed by atoms with Gasteiger partial charge in [-0.05, 0) is 25.6 Å². The SMILES string of the molecule is CCN(CC)CCCOCC[Si](C)(C)C. The second kappa shape index (κ2) is 8.31. The summed E-state index contributed by atoms with van der Waals surface area (Å²) in [6, 6.07) is 1.29. The molecule has 0 N–H and O–H groups in total. The summed E-state index contributed by atoms with van der Waals surface area (Å²) in [4.78, 5) is 2.45. The van der Waals surface area contributed by atoms with Crippen LogP contribution in [-0.2, 0) is 4.74 Å². The van der Waals surface area contributed by atoms with Crippen molar-refractivity contribution in [3.8, 4) is 0 Å². The molecular weight excluding hydrogens is 202 g/mol. The summed E-state index contributed by atoms with van der Waals surface area (Å²) in [5, 5.41) is 0. The molecule has 15 heavy (non-hydrogen) atoms. The lowest BCUT2D eigenvalue weighted by atomic mass is 10.4. The highest BCUT2D eigenvalue weighted by atomic mass is 28.3. The van der Waals surface area contributed by atoms with Crippen LogP contribution in [0.15, 0.2) is 0 Å². The number of nitrogens with zero attached hydrogens (tertiary/aromatic N) is 1. The van der Waals surface area contributed by atoms with E-state index in [1.165, 1.54) is 19.0 Å². The molecule has 0 aliphatic heterocycles. The first-order valence-electron chi connectivity index (χ1n) is 6.29. The zero-order chi connectivity index (χ0) is 11.7. The van der Waals surface area contributed by atoms with Gasteiger partial charge in [-0.25, -0.2) is 0 Å². The van der Waals surface area contributed by atoms with E-state index in [0.29, 0.717) is 0 Å². The van der Waals surface area contributed by atoms with Crippen LogP contribution in [0.2, 0.25) is 25.7 Å². The maximum absolute atomic E-state index is 5.66. The molecule has 0 spiro atoms. The van der Waals surface area contributed by atoms with Crippen LogP contribution >= 0.6 is 0 Å². The van der Waals surface area contributed by atoms with E-state index in [0.717, 1.165) is 26.3 Å². The molecule has 2 nitrogen and oxygen atoms in total. The van der Waals surface area contributed by atoms with Crippen molar-refractivity contribution in [1.29, 1.82) is 0 Å². The van der Waals surface area contributed by atoms with Crippen molar-refractivity contribution in [3.63, 3.8) is 0 Å². The van der Waals surface area contributed by atoms with Crippen LogP contribution in [0.4, 0.5) is 0 Å². The summed E-state index contributed by atoms with van der Waals surface area (Å²) in [5.74, 6) is 0. The average molecular weight is 231 g/mol. The zero-order valence-corrected chi connectivity index (χ0v) is 12.3. The molecule has 0 saturated heterocycles. The third-order valence-electron chi connectivity index (χ3n) is 2.65. The summed E-state index contributed by atoms with van der Waals surface area (Å²) in [5.41, 5.74) is 0. The van der Waals surface area contributed by atoms with E-state index in [4.69, 9.17) is 4.74 Å². The highest BCUT2D eigenvalue weighted by Crippen LogP contribution is 2.07. The first-order valence-corrected chi connectivity index (χ1v) is 10.0. The maximum atomic E-state index is 5.66. The lowest BCUT2D eigenvalue weighted by molar-refractivity contribution is 0.133. The number of hydrogen-bond acceptors (Lipinski definition) is 2. The van der Waals surface area contributed by atoms with Crippen molar-refractivity contribution in [2.45, 2.75) is 46.0 Å². The minimum absolute atomic E-state index is 0.888. The molecule has 0 bridgehead atoms. The van der Waals surface area contributed by atoms with Crippen LogP contribution in [-0.4, -0.2) is 45.8 Å². The molecule has 0 aromatic carbocycles. The molecule has 0 heterocycles. The van der Waals surface area contributed by atoms with Crippen molar-refractivity contribution in [3.05, 3.63) is 0 Å². The van der Waals surface area contributed by atoms with Crippen LogP contribution in [0.3, 0.4) is 0 Å². The number of hydrogen-bond donors (Lipinski definition) is 0. The third-order valence-corrected chi connectivity index (χ3v) is 4.36. The van der Waals surface area contributed by atoms with E-state index < -0.39 is 8.07 Å². The smallest absolute Gasteiger partial charge is 0.0478 e. The molecule has 0 aromatic rings. The fourth-order valence-electron chi connectivity index (χ4n) is 1.41. The van der Waals surface area contributed by atoms with Gasteiger partial charge >= 0.3 is 0 Å². The molecule has 0 radical (unpaired) electrons. The van der Waals surface area contributed by atoms with Crippen LogP contribution in [0.1, 0.15) is 20.3 Å². The molecule has 0 fully saturated rings. The maximum Gasteiger partial charge on any atom is 0.0478 e. The monoisotopic (exact) mass is 231 g/mol. The Morgan fingerprint density at radius 2 is 1.60 bits per heavy atom. The first kappa shape index (κ1) is 15.1. The summed E-state index contributed by atoms with van der Waals surface area (Å²) in [7, 11) is -0.888. The Hall–Kier alpha value is 0.137. The Morgan fingerprint density at radius 3 is 2.07 bits per heavy atom. The number of rotatable bonds is 9. The molecule has 0 saturated carbocycles. The van der Waals surface area contributed by atoms with Crippen LogP contribution < -0.4 is 0 Å². The highest BCUT2D eigenvalue weighted by Gasteiger charge is 2.11. The summed E-state index contributed by atoms with van der Waals surface area (Å²) >= 11 is 0. The molecule has 0 aliphatic rings. The number of ether oxygens (including phenoxy) is 1. The van der Waals surface area contributed by atoms with Gasteiger partial charge in [0.15, 0.2) is 0 Å². The molecule has 0 unspecified atom stereocenters. The lowest BCUT2D eigenvalue weighted by Crippen LogP contribution is -2.25. The van der Waals surface area contributed by atoms with E-state index >= 15 is 0 Å². The first-order chi connectivity index (χ1) is 6.99. The van der Waals surface area contributed by atoms with E-state index in [1.54, 1.807) is 0 Å². The van der Waals surface area contributed by atoms with Crippen molar-refractivity contribution in [2.24, 2.45) is 0 Å². The minimum Gasteiger partial charge on any atom is -0.382 e. The second-order valence-electron chi connectivity index (χ2n) is 5.30. The highest BCUT2D eigenvalue weighted by molar-refractivity contribution is 6.76. The summed E-state index contributed by atoms with van der Waals surface area (Å²) < 4.78 is 5.66. The molecule has 92 valence electrons. The van der Waals surface area contributed by atoms with Crippen molar-refractivity contribution >= 4 is 8.07 Å². The third kappa shape index (κ3) is 10.4. The van der Waals surface area contributed by atoms with Crippen molar-refractivity contribution < 1.29 is 4.74 Å². The predicted molar refractivity (Wildman–Crippen MR) is 71.4 cm³/mol. The molecule has 0 atom stereocenters. The Bertz CT molecular complexity index is 141. The van der Waals surface area contributed by atoms with Gasteiger partial charge in [-0.3, -0.25) is 0 Å². The van der Waals surface area contributed by atoms with E-state index in [9.17, 15) is 0 Å². The molecule has 0 rings (SSSR count). The van der Waals surface area contributed by atoms with Gasteiger partial charge in [0.25, 0.3) is 0 Å². The summed E-state index contributed by atoms with van der Waals surface area (Å²) in [6.07, 6.45) is 1.17. The molecule has 3 heteroatoms. The Balaban J connectivity index is 3.25. The fourth-order valence-corrected chi connectivity index (χ4v) is 2.17. The Morgan fingerprint density at radius 1 is 1.00 bits per heavy atom. The lowest BCUT2D eigenvalue weighted by Gasteiger charge is -2.18. The van der Waals surface area contributed by atoms with Gasteiger partial charge in [-0.1, -0.05) is 33.5 Å². The fraction of sp³-hybridized carbons (Fsp3) is 1.00. The molecule has 0 aromatic heterocycles. The molecular formula is C12H29NOSi.